The summed E-state index contributed by atoms with van der Waals surface area (Å²) in [7, 11) is -3.59. The second kappa shape index (κ2) is 7.83. The molecule has 134 valence electrons. The molecule has 0 aliphatic rings. The molecule has 0 unspecified atom stereocenters. The van der Waals surface area contributed by atoms with Crippen molar-refractivity contribution in [2.75, 3.05) is 0 Å². The molecule has 2 rings (SSSR count). The van der Waals surface area contributed by atoms with E-state index in [2.05, 4.69) is 5.32 Å². The van der Waals surface area contributed by atoms with Gasteiger partial charge in [-0.1, -0.05) is 54.1 Å². The fourth-order valence-corrected chi connectivity index (χ4v) is 4.01. The van der Waals surface area contributed by atoms with Gasteiger partial charge in [-0.3, -0.25) is 4.79 Å². The van der Waals surface area contributed by atoms with Gasteiger partial charge in [0.05, 0.1) is 11.8 Å². The van der Waals surface area contributed by atoms with Crippen molar-refractivity contribution in [2.24, 2.45) is 0 Å². The largest absolute Gasteiger partial charge is 0.348 e. The van der Waals surface area contributed by atoms with Crippen molar-refractivity contribution >= 4 is 15.7 Å². The van der Waals surface area contributed by atoms with E-state index in [0.29, 0.717) is 0 Å². The average molecular weight is 359 g/mol. The molecule has 1 N–H and O–H groups in total. The molecule has 0 aliphatic carbocycles. The third kappa shape index (κ3) is 4.92. The monoisotopic (exact) mass is 359 g/mol. The lowest BCUT2D eigenvalue weighted by molar-refractivity contribution is -0.121. The van der Waals surface area contributed by atoms with E-state index in [1.54, 1.807) is 0 Å². The third-order valence-electron chi connectivity index (χ3n) is 4.43. The summed E-state index contributed by atoms with van der Waals surface area (Å²) >= 11 is 0. The van der Waals surface area contributed by atoms with Gasteiger partial charge < -0.3 is 5.32 Å². The second-order valence-electron chi connectivity index (χ2n) is 6.52. The van der Waals surface area contributed by atoms with Crippen LogP contribution in [-0.4, -0.2) is 19.6 Å². The summed E-state index contributed by atoms with van der Waals surface area (Å²) in [4.78, 5) is 12.4. The number of rotatable bonds is 6. The maximum Gasteiger partial charge on any atom is 0.238 e. The molecule has 0 radical (unpaired) electrons. The van der Waals surface area contributed by atoms with Crippen LogP contribution in [0.4, 0.5) is 0 Å². The Morgan fingerprint density at radius 2 is 1.68 bits per heavy atom. The van der Waals surface area contributed by atoms with Gasteiger partial charge in [-0.2, -0.15) is 0 Å². The van der Waals surface area contributed by atoms with Crippen LogP contribution in [0.3, 0.4) is 0 Å². The lowest BCUT2D eigenvalue weighted by Crippen LogP contribution is -2.39. The van der Waals surface area contributed by atoms with E-state index in [0.717, 1.165) is 22.3 Å². The molecule has 4 nitrogen and oxygen atoms in total. The molecule has 25 heavy (non-hydrogen) atoms. The Morgan fingerprint density at radius 3 is 2.32 bits per heavy atom. The molecule has 2 atom stereocenters. The van der Waals surface area contributed by atoms with Gasteiger partial charge in [-0.25, -0.2) is 8.42 Å². The van der Waals surface area contributed by atoms with Crippen molar-refractivity contribution in [2.45, 2.75) is 44.7 Å². The Labute approximate surface area is 150 Å². The minimum atomic E-state index is -3.59. The van der Waals surface area contributed by atoms with Crippen LogP contribution >= 0.6 is 0 Å². The molecule has 0 aromatic heterocycles. The molecule has 2 aromatic carbocycles. The average Bonchev–Trinajstić information content (AvgIpc) is 2.57. The van der Waals surface area contributed by atoms with Crippen molar-refractivity contribution in [3.05, 3.63) is 70.8 Å². The SMILES string of the molecule is Cc1ccc(C)c(CS(=O)(=O)[C@@H](C)C(=O)N[C@@H](C)c2ccccc2)c1. The topological polar surface area (TPSA) is 63.2 Å². The van der Waals surface area contributed by atoms with Crippen molar-refractivity contribution in [1.82, 2.24) is 5.32 Å². The first-order valence-electron chi connectivity index (χ1n) is 8.33. The van der Waals surface area contributed by atoms with Crippen LogP contribution in [0, 0.1) is 13.8 Å². The number of hydrogen-bond acceptors (Lipinski definition) is 3. The Morgan fingerprint density at radius 1 is 1.04 bits per heavy atom. The molecule has 1 amide bonds. The van der Waals surface area contributed by atoms with E-state index < -0.39 is 21.0 Å². The van der Waals surface area contributed by atoms with Gasteiger partial charge in [0.2, 0.25) is 5.91 Å². The smallest absolute Gasteiger partial charge is 0.238 e. The number of benzene rings is 2. The number of hydrogen-bond donors (Lipinski definition) is 1. The Balaban J connectivity index is 2.10. The highest BCUT2D eigenvalue weighted by Crippen LogP contribution is 2.18. The van der Waals surface area contributed by atoms with Gasteiger partial charge >= 0.3 is 0 Å². The summed E-state index contributed by atoms with van der Waals surface area (Å²) in [6.45, 7) is 7.10. The molecular weight excluding hydrogens is 334 g/mol. The summed E-state index contributed by atoms with van der Waals surface area (Å²) in [6.07, 6.45) is 0. The van der Waals surface area contributed by atoms with Crippen LogP contribution in [-0.2, 0) is 20.4 Å². The van der Waals surface area contributed by atoms with Gasteiger partial charge in [0.15, 0.2) is 9.84 Å². The highest BCUT2D eigenvalue weighted by molar-refractivity contribution is 7.92. The Hall–Kier alpha value is -2.14. The van der Waals surface area contributed by atoms with Gasteiger partial charge in [-0.15, -0.1) is 0 Å². The van der Waals surface area contributed by atoms with E-state index in [4.69, 9.17) is 0 Å². The summed E-state index contributed by atoms with van der Waals surface area (Å²) < 4.78 is 25.3. The van der Waals surface area contributed by atoms with E-state index >= 15 is 0 Å². The van der Waals surface area contributed by atoms with Gasteiger partial charge in [0.1, 0.15) is 5.25 Å². The maximum atomic E-state index is 12.7. The van der Waals surface area contributed by atoms with Crippen LogP contribution in [0.1, 0.15) is 42.1 Å². The summed E-state index contributed by atoms with van der Waals surface area (Å²) in [5.41, 5.74) is 3.61. The third-order valence-corrected chi connectivity index (χ3v) is 6.43. The molecule has 0 saturated heterocycles. The number of carbonyl (C=O) groups excluding carboxylic acids is 1. The summed E-state index contributed by atoms with van der Waals surface area (Å²) in [5.74, 6) is -0.601. The normalized spacial score (nSPS) is 13.9. The maximum absolute atomic E-state index is 12.7. The van der Waals surface area contributed by atoms with Crippen LogP contribution in [0.25, 0.3) is 0 Å². The second-order valence-corrected chi connectivity index (χ2v) is 8.84. The van der Waals surface area contributed by atoms with Crippen LogP contribution in [0.2, 0.25) is 0 Å². The molecule has 0 aliphatic heterocycles. The fourth-order valence-electron chi connectivity index (χ4n) is 2.62. The number of carbonyl (C=O) groups is 1. The fraction of sp³-hybridized carbons (Fsp3) is 0.350. The zero-order chi connectivity index (χ0) is 18.6. The zero-order valence-corrected chi connectivity index (χ0v) is 15.9. The molecule has 5 heteroatoms. The first-order chi connectivity index (χ1) is 11.7. The van der Waals surface area contributed by atoms with E-state index in [1.807, 2.05) is 69.3 Å². The van der Waals surface area contributed by atoms with Crippen LogP contribution in [0.15, 0.2) is 48.5 Å². The molecule has 0 spiro atoms. The van der Waals surface area contributed by atoms with E-state index in [9.17, 15) is 13.2 Å². The number of aryl methyl sites for hydroxylation is 2. The Bertz CT molecular complexity index is 844. The van der Waals surface area contributed by atoms with Crippen molar-refractivity contribution in [1.29, 1.82) is 0 Å². The van der Waals surface area contributed by atoms with Gasteiger partial charge in [0.25, 0.3) is 0 Å². The standard InChI is InChI=1S/C20H25NO3S/c1-14-10-11-15(2)19(12-14)13-25(23,24)17(4)20(22)21-16(3)18-8-6-5-7-9-18/h5-12,16-17H,13H2,1-4H3,(H,21,22)/t16-,17-/m0/s1. The molecule has 0 saturated carbocycles. The highest BCUT2D eigenvalue weighted by Gasteiger charge is 2.29. The van der Waals surface area contributed by atoms with Crippen molar-refractivity contribution < 1.29 is 13.2 Å². The van der Waals surface area contributed by atoms with Crippen LogP contribution < -0.4 is 5.32 Å². The number of nitrogens with one attached hydrogen (secondary N) is 1. The lowest BCUT2D eigenvalue weighted by atomic mass is 10.1. The molecule has 2 aromatic rings. The van der Waals surface area contributed by atoms with E-state index in [1.165, 1.54) is 6.92 Å². The van der Waals surface area contributed by atoms with E-state index in [-0.39, 0.29) is 11.8 Å². The zero-order valence-electron chi connectivity index (χ0n) is 15.1. The Kier molecular flexibility index (Phi) is 6.01. The lowest BCUT2D eigenvalue weighted by Gasteiger charge is -2.19. The summed E-state index contributed by atoms with van der Waals surface area (Å²) in [5, 5.41) is 1.70. The predicted molar refractivity (Wildman–Crippen MR) is 101 cm³/mol. The minimum Gasteiger partial charge on any atom is -0.348 e. The van der Waals surface area contributed by atoms with Gasteiger partial charge in [-0.05, 0) is 44.4 Å². The van der Waals surface area contributed by atoms with Crippen LogP contribution in [0.5, 0.6) is 0 Å². The summed E-state index contributed by atoms with van der Waals surface area (Å²) in [6, 6.07) is 15.0. The molecule has 0 bridgehead atoms. The molecular formula is C20H25NO3S. The minimum absolute atomic E-state index is 0.130. The first kappa shape index (κ1) is 19.2. The van der Waals surface area contributed by atoms with Crippen molar-refractivity contribution in [3.8, 4) is 0 Å². The number of amides is 1. The quantitative estimate of drug-likeness (QED) is 0.859. The molecule has 0 fully saturated rings. The molecule has 0 heterocycles. The highest BCUT2D eigenvalue weighted by atomic mass is 32.2. The number of sulfone groups is 1. The van der Waals surface area contributed by atoms with Crippen molar-refractivity contribution in [3.63, 3.8) is 0 Å². The first-order valence-corrected chi connectivity index (χ1v) is 10.1. The predicted octanol–water partition coefficient (Wildman–Crippen LogP) is 3.48. The van der Waals surface area contributed by atoms with Gasteiger partial charge in [0, 0.05) is 0 Å².